The molecule has 3 rings (SSSR count). The van der Waals surface area contributed by atoms with E-state index >= 15 is 0 Å². The van der Waals surface area contributed by atoms with Gasteiger partial charge in [-0.2, -0.15) is 13.2 Å². The summed E-state index contributed by atoms with van der Waals surface area (Å²) >= 11 is 5.90. The number of pyridine rings is 1. The maximum atomic E-state index is 13.0. The van der Waals surface area contributed by atoms with Crippen LogP contribution in [-0.4, -0.2) is 47.4 Å². The molecule has 11 heteroatoms. The van der Waals surface area contributed by atoms with E-state index in [1.165, 1.54) is 4.40 Å². The number of halogens is 4. The molecule has 0 spiro atoms. The highest BCUT2D eigenvalue weighted by atomic mass is 35.5. The highest BCUT2D eigenvalue weighted by Gasteiger charge is 2.32. The molecule has 0 aromatic carbocycles. The van der Waals surface area contributed by atoms with Gasteiger partial charge in [-0.3, -0.25) is 9.39 Å². The van der Waals surface area contributed by atoms with Crippen molar-refractivity contribution < 1.29 is 17.9 Å². The van der Waals surface area contributed by atoms with E-state index in [-0.39, 0.29) is 17.2 Å². The van der Waals surface area contributed by atoms with Crippen molar-refractivity contribution in [1.82, 2.24) is 25.2 Å². The molecule has 1 saturated heterocycles. The van der Waals surface area contributed by atoms with Crippen LogP contribution in [0.2, 0.25) is 5.02 Å². The Kier molecular flexibility index (Phi) is 5.52. The standard InChI is InChI=1S/C15H18ClF3N6O/c1-20-14(21-5-9-2-3-26-8-9)22-6-12-23-24-13-11(16)4-10(7-25(12)13)15(17,18)19/h4,7,9H,2-3,5-6,8H2,1H3,(H2,20,21,22). The minimum absolute atomic E-state index is 0.109. The SMILES string of the molecule is CN=C(NCc1nnc2c(Cl)cc(C(F)(F)F)cn12)NCC1CCOC1. The number of nitrogens with zero attached hydrogens (tertiary/aromatic N) is 4. The maximum absolute atomic E-state index is 13.0. The molecule has 26 heavy (non-hydrogen) atoms. The summed E-state index contributed by atoms with van der Waals surface area (Å²) in [7, 11) is 1.61. The molecule has 2 aromatic heterocycles. The van der Waals surface area contributed by atoms with Crippen LogP contribution in [0.5, 0.6) is 0 Å². The highest BCUT2D eigenvalue weighted by Crippen LogP contribution is 2.32. The van der Waals surface area contributed by atoms with E-state index in [1.54, 1.807) is 7.05 Å². The first kappa shape index (κ1) is 18.7. The molecule has 7 nitrogen and oxygen atoms in total. The fourth-order valence-corrected chi connectivity index (χ4v) is 2.89. The molecule has 3 heterocycles. The molecule has 0 bridgehead atoms. The normalized spacial score (nSPS) is 18.5. The monoisotopic (exact) mass is 390 g/mol. The number of ether oxygens (including phenoxy) is 1. The Morgan fingerprint density at radius 1 is 1.42 bits per heavy atom. The van der Waals surface area contributed by atoms with Crippen LogP contribution in [0.4, 0.5) is 13.2 Å². The number of guanidine groups is 1. The molecule has 1 unspecified atom stereocenters. The summed E-state index contributed by atoms with van der Waals surface area (Å²) in [4.78, 5) is 4.09. The quantitative estimate of drug-likeness (QED) is 0.617. The molecule has 1 aliphatic heterocycles. The van der Waals surface area contributed by atoms with Gasteiger partial charge in [0.25, 0.3) is 0 Å². The van der Waals surface area contributed by atoms with E-state index in [1.807, 2.05) is 0 Å². The van der Waals surface area contributed by atoms with Crippen LogP contribution < -0.4 is 10.6 Å². The van der Waals surface area contributed by atoms with Crippen molar-refractivity contribution in [3.63, 3.8) is 0 Å². The number of nitrogens with one attached hydrogen (secondary N) is 2. The topological polar surface area (TPSA) is 75.8 Å². The molecule has 1 fully saturated rings. The molecule has 0 saturated carbocycles. The minimum atomic E-state index is -4.51. The van der Waals surface area contributed by atoms with Gasteiger partial charge in [0.2, 0.25) is 0 Å². The second-order valence-corrected chi connectivity index (χ2v) is 6.33. The van der Waals surface area contributed by atoms with Crippen LogP contribution >= 0.6 is 11.6 Å². The summed E-state index contributed by atoms with van der Waals surface area (Å²) in [5.41, 5.74) is -0.692. The van der Waals surface area contributed by atoms with E-state index in [0.29, 0.717) is 30.9 Å². The summed E-state index contributed by atoms with van der Waals surface area (Å²) in [5, 5.41) is 13.8. The lowest BCUT2D eigenvalue weighted by molar-refractivity contribution is -0.137. The van der Waals surface area contributed by atoms with Crippen molar-refractivity contribution in [2.75, 3.05) is 26.8 Å². The van der Waals surface area contributed by atoms with Gasteiger partial charge < -0.3 is 15.4 Å². The molecule has 1 aliphatic rings. The number of hydrogen-bond donors (Lipinski definition) is 2. The Bertz CT molecular complexity index is 801. The summed E-state index contributed by atoms with van der Waals surface area (Å²) < 4.78 is 45.5. The van der Waals surface area contributed by atoms with Crippen LogP contribution in [0.15, 0.2) is 17.3 Å². The number of fused-ring (bicyclic) bond motifs is 1. The van der Waals surface area contributed by atoms with Gasteiger partial charge in [-0.05, 0) is 12.5 Å². The third kappa shape index (κ3) is 4.18. The first-order valence-corrected chi connectivity index (χ1v) is 8.39. The molecule has 142 valence electrons. The molecule has 0 aliphatic carbocycles. The molecule has 0 radical (unpaired) electrons. The summed E-state index contributed by atoms with van der Waals surface area (Å²) in [6.07, 6.45) is -2.59. The molecule has 0 amide bonds. The van der Waals surface area contributed by atoms with Gasteiger partial charge >= 0.3 is 6.18 Å². The number of rotatable bonds is 4. The van der Waals surface area contributed by atoms with Crippen molar-refractivity contribution in [2.45, 2.75) is 19.1 Å². The second kappa shape index (κ2) is 7.67. The fourth-order valence-electron chi connectivity index (χ4n) is 2.64. The second-order valence-electron chi connectivity index (χ2n) is 5.92. The zero-order chi connectivity index (χ0) is 18.7. The van der Waals surface area contributed by atoms with Gasteiger partial charge in [0, 0.05) is 32.3 Å². The Morgan fingerprint density at radius 3 is 2.88 bits per heavy atom. The molecular formula is C15H18ClF3N6O. The number of aromatic nitrogens is 3. The van der Waals surface area contributed by atoms with Gasteiger partial charge in [-0.25, -0.2) is 0 Å². The van der Waals surface area contributed by atoms with Crippen LogP contribution in [0.25, 0.3) is 5.65 Å². The van der Waals surface area contributed by atoms with Crippen LogP contribution in [0, 0.1) is 5.92 Å². The van der Waals surface area contributed by atoms with Crippen molar-refractivity contribution in [3.8, 4) is 0 Å². The fraction of sp³-hybridized carbons (Fsp3) is 0.533. The van der Waals surface area contributed by atoms with Crippen LogP contribution in [-0.2, 0) is 17.5 Å². The Hall–Kier alpha value is -2.07. The molecule has 2 N–H and O–H groups in total. The molecule has 1 atom stereocenters. The Labute approximate surface area is 152 Å². The Morgan fingerprint density at radius 2 is 2.23 bits per heavy atom. The predicted octanol–water partition coefficient (Wildman–Crippen LogP) is 2.10. The lowest BCUT2D eigenvalue weighted by Gasteiger charge is -2.14. The smallest absolute Gasteiger partial charge is 0.381 e. The molecule has 2 aromatic rings. The number of hydrogen-bond acceptors (Lipinski definition) is 4. The third-order valence-electron chi connectivity index (χ3n) is 4.08. The van der Waals surface area contributed by atoms with E-state index < -0.39 is 11.7 Å². The van der Waals surface area contributed by atoms with Crippen molar-refractivity contribution in [3.05, 3.63) is 28.7 Å². The predicted molar refractivity (Wildman–Crippen MR) is 90.1 cm³/mol. The lowest BCUT2D eigenvalue weighted by atomic mass is 10.1. The molecular weight excluding hydrogens is 373 g/mol. The first-order chi connectivity index (χ1) is 12.4. The van der Waals surface area contributed by atoms with Crippen molar-refractivity contribution >= 4 is 23.2 Å². The lowest BCUT2D eigenvalue weighted by Crippen LogP contribution is -2.39. The summed E-state index contributed by atoms with van der Waals surface area (Å²) in [5.74, 6) is 1.22. The number of aliphatic imine (C=N–C) groups is 1. The highest BCUT2D eigenvalue weighted by molar-refractivity contribution is 6.33. The largest absolute Gasteiger partial charge is 0.417 e. The maximum Gasteiger partial charge on any atom is 0.417 e. The average molecular weight is 391 g/mol. The average Bonchev–Trinajstić information content (AvgIpc) is 3.24. The van der Waals surface area contributed by atoms with Gasteiger partial charge in [0.1, 0.15) is 0 Å². The van der Waals surface area contributed by atoms with Crippen molar-refractivity contribution in [1.29, 1.82) is 0 Å². The van der Waals surface area contributed by atoms with Crippen molar-refractivity contribution in [2.24, 2.45) is 10.9 Å². The summed E-state index contributed by atoms with van der Waals surface area (Å²) in [6, 6.07) is 0.840. The third-order valence-corrected chi connectivity index (χ3v) is 4.36. The van der Waals surface area contributed by atoms with Gasteiger partial charge in [-0.1, -0.05) is 11.6 Å². The van der Waals surface area contributed by atoms with Crippen LogP contribution in [0.3, 0.4) is 0 Å². The van der Waals surface area contributed by atoms with Crippen LogP contribution in [0.1, 0.15) is 17.8 Å². The van der Waals surface area contributed by atoms with E-state index in [4.69, 9.17) is 16.3 Å². The van der Waals surface area contributed by atoms with E-state index in [2.05, 4.69) is 25.8 Å². The van der Waals surface area contributed by atoms with Gasteiger partial charge in [0.05, 0.1) is 23.7 Å². The van der Waals surface area contributed by atoms with E-state index in [9.17, 15) is 13.2 Å². The summed E-state index contributed by atoms with van der Waals surface area (Å²) in [6.45, 7) is 2.30. The Balaban J connectivity index is 1.70. The zero-order valence-electron chi connectivity index (χ0n) is 14.0. The minimum Gasteiger partial charge on any atom is -0.381 e. The zero-order valence-corrected chi connectivity index (χ0v) is 14.7. The number of alkyl halides is 3. The van der Waals surface area contributed by atoms with E-state index in [0.717, 1.165) is 25.3 Å². The van der Waals surface area contributed by atoms with Gasteiger partial charge in [0.15, 0.2) is 17.4 Å². The van der Waals surface area contributed by atoms with Gasteiger partial charge in [-0.15, -0.1) is 10.2 Å². The first-order valence-electron chi connectivity index (χ1n) is 8.01.